The van der Waals surface area contributed by atoms with Crippen molar-refractivity contribution in [2.24, 2.45) is 5.73 Å². The van der Waals surface area contributed by atoms with Gasteiger partial charge in [0.25, 0.3) is 12.3 Å². The predicted molar refractivity (Wildman–Crippen MR) is 131 cm³/mol. The molecule has 2 heterocycles. The van der Waals surface area contributed by atoms with Crippen LogP contribution in [0.3, 0.4) is 0 Å². The van der Waals surface area contributed by atoms with E-state index in [1.165, 1.54) is 31.5 Å². The summed E-state index contributed by atoms with van der Waals surface area (Å²) in [6.45, 7) is -1.25. The summed E-state index contributed by atoms with van der Waals surface area (Å²) < 4.78 is 76.9. The van der Waals surface area contributed by atoms with E-state index in [1.54, 1.807) is 0 Å². The van der Waals surface area contributed by atoms with Gasteiger partial charge in [-0.25, -0.2) is 17.6 Å². The lowest BCUT2D eigenvalue weighted by molar-refractivity contribution is 0.0801. The topological polar surface area (TPSA) is 126 Å². The van der Waals surface area contributed by atoms with Crippen molar-refractivity contribution in [1.82, 2.24) is 9.97 Å². The molecule has 204 valence electrons. The number of carbonyl (C=O) groups excluding carboxylic acids is 1. The largest absolute Gasteiger partial charge is 0.493 e. The van der Waals surface area contributed by atoms with Crippen molar-refractivity contribution in [3.8, 4) is 40.0 Å². The van der Waals surface area contributed by atoms with Gasteiger partial charge in [0.2, 0.25) is 0 Å². The number of aliphatic hydroxyl groups excluding tert-OH is 1. The van der Waals surface area contributed by atoms with Crippen molar-refractivity contribution >= 4 is 16.8 Å². The minimum Gasteiger partial charge on any atom is -0.493 e. The average Bonchev–Trinajstić information content (AvgIpc) is 2.91. The van der Waals surface area contributed by atoms with E-state index in [1.807, 2.05) is 0 Å². The Morgan fingerprint density at radius 1 is 0.974 bits per heavy atom. The van der Waals surface area contributed by atoms with Crippen LogP contribution in [0.4, 0.5) is 17.6 Å². The molecule has 0 aliphatic carbocycles. The molecule has 0 aliphatic heterocycles. The maximum Gasteiger partial charge on any atom is 0.272 e. The second kappa shape index (κ2) is 11.8. The first kappa shape index (κ1) is 27.4. The molecule has 9 nitrogen and oxygen atoms in total. The summed E-state index contributed by atoms with van der Waals surface area (Å²) in [6.07, 6.45) is -0.354. The van der Waals surface area contributed by atoms with Crippen LogP contribution in [-0.2, 0) is 0 Å². The van der Waals surface area contributed by atoms with Gasteiger partial charge in [0.1, 0.15) is 30.3 Å². The lowest BCUT2D eigenvalue weighted by Gasteiger charge is -2.15. The molecule has 0 bridgehead atoms. The fourth-order valence-corrected chi connectivity index (χ4v) is 3.72. The van der Waals surface area contributed by atoms with E-state index < -0.39 is 41.9 Å². The first-order valence-electron chi connectivity index (χ1n) is 11.3. The minimum atomic E-state index is -2.84. The maximum absolute atomic E-state index is 15.2. The van der Waals surface area contributed by atoms with E-state index >= 15 is 8.78 Å². The number of nitrogens with zero attached hydrogens (tertiary/aromatic N) is 2. The molecular formula is C26H21F4N3O6. The Labute approximate surface area is 218 Å². The summed E-state index contributed by atoms with van der Waals surface area (Å²) in [7, 11) is 1.39. The smallest absolute Gasteiger partial charge is 0.272 e. The molecule has 0 saturated carbocycles. The number of aromatic nitrogens is 2. The lowest BCUT2D eigenvalue weighted by Crippen LogP contribution is -2.17. The normalized spacial score (nSPS) is 11.1. The highest BCUT2D eigenvalue weighted by Crippen LogP contribution is 2.39. The molecule has 39 heavy (non-hydrogen) atoms. The number of fused-ring (bicyclic) bond motifs is 1. The number of hydrogen-bond donors (Lipinski definition) is 2. The van der Waals surface area contributed by atoms with Crippen LogP contribution in [0.1, 0.15) is 10.4 Å². The van der Waals surface area contributed by atoms with Crippen LogP contribution in [0.2, 0.25) is 0 Å². The third-order valence-corrected chi connectivity index (χ3v) is 5.34. The summed E-state index contributed by atoms with van der Waals surface area (Å²) in [4.78, 5) is 20.2. The Morgan fingerprint density at radius 3 is 2.31 bits per heavy atom. The quantitative estimate of drug-likeness (QED) is 0.263. The van der Waals surface area contributed by atoms with Crippen LogP contribution in [-0.4, -0.2) is 54.3 Å². The average molecular weight is 547 g/mol. The van der Waals surface area contributed by atoms with Crippen LogP contribution in [0, 0.1) is 11.6 Å². The van der Waals surface area contributed by atoms with Crippen molar-refractivity contribution < 1.29 is 46.4 Å². The number of aliphatic hydroxyl groups is 1. The van der Waals surface area contributed by atoms with Gasteiger partial charge in [0.05, 0.1) is 24.9 Å². The standard InChI is InChI=1S/C26H21F4N3O6/c1-36-20-10-14-17(11-21(20)37-7-6-34)32-4-2-18(14)39-25-15(27)8-13(9-16(25)28)24-23(26(31)35)19(3-5-33-24)38-12-22(29)30/h2-5,8-11,22,34H,6-7,12H2,1H3,(H2,31,35). The van der Waals surface area contributed by atoms with Crippen molar-refractivity contribution in [2.75, 3.05) is 26.9 Å². The zero-order valence-corrected chi connectivity index (χ0v) is 20.3. The first-order valence-corrected chi connectivity index (χ1v) is 11.3. The third-order valence-electron chi connectivity index (χ3n) is 5.34. The molecule has 0 fully saturated rings. The van der Waals surface area contributed by atoms with Gasteiger partial charge in [-0.3, -0.25) is 14.8 Å². The monoisotopic (exact) mass is 547 g/mol. The molecule has 0 spiro atoms. The maximum atomic E-state index is 15.2. The molecule has 4 aromatic rings. The van der Waals surface area contributed by atoms with Crippen LogP contribution in [0.25, 0.3) is 22.2 Å². The summed E-state index contributed by atoms with van der Waals surface area (Å²) in [5.41, 5.74) is 4.84. The highest BCUT2D eigenvalue weighted by molar-refractivity contribution is 6.01. The first-order chi connectivity index (χ1) is 18.7. The van der Waals surface area contributed by atoms with Crippen LogP contribution in [0.5, 0.6) is 28.7 Å². The van der Waals surface area contributed by atoms with E-state index in [0.717, 1.165) is 24.4 Å². The Kier molecular flexibility index (Phi) is 8.30. The molecule has 3 N–H and O–H groups in total. The Morgan fingerprint density at radius 2 is 1.67 bits per heavy atom. The third kappa shape index (κ3) is 5.93. The summed E-state index contributed by atoms with van der Waals surface area (Å²) in [5.74, 6) is -3.88. The molecule has 0 aliphatic rings. The van der Waals surface area contributed by atoms with Gasteiger partial charge in [-0.15, -0.1) is 0 Å². The zero-order valence-electron chi connectivity index (χ0n) is 20.3. The van der Waals surface area contributed by atoms with Gasteiger partial charge >= 0.3 is 0 Å². The van der Waals surface area contributed by atoms with Gasteiger partial charge < -0.3 is 29.8 Å². The van der Waals surface area contributed by atoms with Crippen molar-refractivity contribution in [1.29, 1.82) is 0 Å². The minimum absolute atomic E-state index is 0.00834. The SMILES string of the molecule is COc1cc2c(Oc3c(F)cc(-c4nccc(OCC(F)F)c4C(N)=O)cc3F)ccnc2cc1OCCO. The lowest BCUT2D eigenvalue weighted by atomic mass is 10.0. The number of rotatable bonds is 11. The Hall–Kier alpha value is -4.65. The number of halogens is 4. The number of methoxy groups -OCH3 is 1. The molecule has 0 saturated heterocycles. The Bertz CT molecular complexity index is 1500. The number of ether oxygens (including phenoxy) is 4. The molecule has 0 radical (unpaired) electrons. The number of pyridine rings is 2. The van der Waals surface area contributed by atoms with E-state index in [2.05, 4.69) is 9.97 Å². The second-order valence-electron chi connectivity index (χ2n) is 7.87. The van der Waals surface area contributed by atoms with Crippen molar-refractivity contribution in [3.05, 3.63) is 66.0 Å². The van der Waals surface area contributed by atoms with Gasteiger partial charge in [-0.2, -0.15) is 0 Å². The summed E-state index contributed by atoms with van der Waals surface area (Å²) in [5, 5.41) is 9.37. The van der Waals surface area contributed by atoms with Crippen molar-refractivity contribution in [3.63, 3.8) is 0 Å². The molecule has 4 rings (SSSR count). The number of carbonyl (C=O) groups is 1. The van der Waals surface area contributed by atoms with Gasteiger partial charge in [-0.05, 0) is 30.3 Å². The molecule has 2 aromatic heterocycles. The molecule has 1 amide bonds. The highest BCUT2D eigenvalue weighted by Gasteiger charge is 2.23. The zero-order chi connectivity index (χ0) is 28.1. The van der Waals surface area contributed by atoms with E-state index in [4.69, 9.17) is 29.8 Å². The fourth-order valence-electron chi connectivity index (χ4n) is 3.72. The van der Waals surface area contributed by atoms with Crippen LogP contribution >= 0.6 is 0 Å². The summed E-state index contributed by atoms with van der Waals surface area (Å²) in [6, 6.07) is 7.26. The molecule has 2 aromatic carbocycles. The van der Waals surface area contributed by atoms with Gasteiger partial charge in [0, 0.05) is 29.4 Å². The van der Waals surface area contributed by atoms with Crippen LogP contribution in [0.15, 0.2) is 48.8 Å². The second-order valence-corrected chi connectivity index (χ2v) is 7.87. The predicted octanol–water partition coefficient (Wildman–Crippen LogP) is 4.49. The molecule has 13 heteroatoms. The van der Waals surface area contributed by atoms with Gasteiger partial charge in [-0.1, -0.05) is 0 Å². The summed E-state index contributed by atoms with van der Waals surface area (Å²) >= 11 is 0. The number of primary amides is 1. The number of amides is 1. The van der Waals surface area contributed by atoms with E-state index in [-0.39, 0.29) is 41.7 Å². The number of alkyl halides is 2. The Balaban J connectivity index is 1.73. The molecular weight excluding hydrogens is 526 g/mol. The number of benzene rings is 2. The fraction of sp³-hybridized carbons (Fsp3) is 0.192. The molecule has 0 atom stereocenters. The van der Waals surface area contributed by atoms with Crippen LogP contribution < -0.4 is 24.7 Å². The van der Waals surface area contributed by atoms with E-state index in [0.29, 0.717) is 16.7 Å². The van der Waals surface area contributed by atoms with Crippen molar-refractivity contribution in [2.45, 2.75) is 6.43 Å². The van der Waals surface area contributed by atoms with Gasteiger partial charge in [0.15, 0.2) is 28.9 Å². The molecule has 0 unspecified atom stereocenters. The van der Waals surface area contributed by atoms with E-state index in [9.17, 15) is 13.6 Å². The number of nitrogens with two attached hydrogens (primary N) is 1. The number of hydrogen-bond acceptors (Lipinski definition) is 8. The highest BCUT2D eigenvalue weighted by atomic mass is 19.3.